The third-order valence-corrected chi connectivity index (χ3v) is 2.02. The Morgan fingerprint density at radius 2 is 1.94 bits per heavy atom. The molecular formula is C10H19N5O. The highest BCUT2D eigenvalue weighted by atomic mass is 16.5. The van der Waals surface area contributed by atoms with E-state index in [1.807, 2.05) is 0 Å². The Balaban J connectivity index is 2.69. The lowest BCUT2D eigenvalue weighted by molar-refractivity contribution is 0.379. The lowest BCUT2D eigenvalue weighted by atomic mass is 10.1. The van der Waals surface area contributed by atoms with Gasteiger partial charge in [0.15, 0.2) is 0 Å². The number of anilines is 2. The van der Waals surface area contributed by atoms with Crippen molar-refractivity contribution in [3.63, 3.8) is 0 Å². The zero-order valence-electron chi connectivity index (χ0n) is 10.2. The first-order valence-corrected chi connectivity index (χ1v) is 5.33. The van der Waals surface area contributed by atoms with Gasteiger partial charge in [0, 0.05) is 6.04 Å². The van der Waals surface area contributed by atoms with Crippen molar-refractivity contribution in [2.24, 2.45) is 5.92 Å². The van der Waals surface area contributed by atoms with Crippen LogP contribution in [0.25, 0.3) is 0 Å². The number of hydrogen-bond acceptors (Lipinski definition) is 6. The molecule has 6 nitrogen and oxygen atoms in total. The van der Waals surface area contributed by atoms with E-state index in [0.29, 0.717) is 11.9 Å². The number of nitrogens with zero attached hydrogens (tertiary/aromatic N) is 3. The van der Waals surface area contributed by atoms with Gasteiger partial charge < -0.3 is 15.8 Å². The third-order valence-electron chi connectivity index (χ3n) is 2.02. The fraction of sp³-hybridized carbons (Fsp3) is 0.700. The van der Waals surface area contributed by atoms with Gasteiger partial charge in [0.1, 0.15) is 0 Å². The summed E-state index contributed by atoms with van der Waals surface area (Å²) in [6, 6.07) is 0.512. The molecular weight excluding hydrogens is 206 g/mol. The molecule has 0 spiro atoms. The monoisotopic (exact) mass is 225 g/mol. The first-order valence-electron chi connectivity index (χ1n) is 5.33. The van der Waals surface area contributed by atoms with Crippen molar-refractivity contribution in [2.45, 2.75) is 33.2 Å². The van der Waals surface area contributed by atoms with E-state index < -0.39 is 0 Å². The van der Waals surface area contributed by atoms with Gasteiger partial charge >= 0.3 is 6.01 Å². The first kappa shape index (κ1) is 12.5. The SMILES string of the molecule is COc1nc(N)nc(NC(C)CC(C)C)n1. The summed E-state index contributed by atoms with van der Waals surface area (Å²) in [7, 11) is 1.50. The summed E-state index contributed by atoms with van der Waals surface area (Å²) in [5.41, 5.74) is 5.53. The minimum Gasteiger partial charge on any atom is -0.467 e. The number of methoxy groups -OCH3 is 1. The molecule has 0 aromatic carbocycles. The highest BCUT2D eigenvalue weighted by molar-refractivity contribution is 5.33. The van der Waals surface area contributed by atoms with E-state index in [2.05, 4.69) is 41.0 Å². The van der Waals surface area contributed by atoms with Crippen molar-refractivity contribution in [3.8, 4) is 6.01 Å². The van der Waals surface area contributed by atoms with Gasteiger partial charge in [-0.05, 0) is 19.3 Å². The van der Waals surface area contributed by atoms with Gasteiger partial charge in [0.25, 0.3) is 0 Å². The van der Waals surface area contributed by atoms with Crippen LogP contribution in [0.15, 0.2) is 0 Å². The molecule has 90 valence electrons. The second kappa shape index (κ2) is 5.48. The van der Waals surface area contributed by atoms with Crippen LogP contribution >= 0.6 is 0 Å². The standard InChI is InChI=1S/C10H19N5O/c1-6(2)5-7(3)12-9-13-8(11)14-10(15-9)16-4/h6-7H,5H2,1-4H3,(H3,11,12,13,14,15). The van der Waals surface area contributed by atoms with Crippen molar-refractivity contribution in [1.29, 1.82) is 0 Å². The summed E-state index contributed by atoms with van der Waals surface area (Å²) < 4.78 is 4.92. The summed E-state index contributed by atoms with van der Waals surface area (Å²) in [6.07, 6.45) is 1.04. The van der Waals surface area contributed by atoms with Gasteiger partial charge in [-0.3, -0.25) is 0 Å². The molecule has 1 rings (SSSR count). The largest absolute Gasteiger partial charge is 0.467 e. The van der Waals surface area contributed by atoms with Crippen molar-refractivity contribution in [2.75, 3.05) is 18.2 Å². The Bertz CT molecular complexity index is 342. The van der Waals surface area contributed by atoms with Gasteiger partial charge in [0.2, 0.25) is 11.9 Å². The number of rotatable bonds is 5. The molecule has 1 aromatic heterocycles. The zero-order chi connectivity index (χ0) is 12.1. The molecule has 1 unspecified atom stereocenters. The fourth-order valence-electron chi connectivity index (χ4n) is 1.51. The Morgan fingerprint density at radius 1 is 1.25 bits per heavy atom. The average Bonchev–Trinajstić information content (AvgIpc) is 2.14. The molecule has 0 saturated heterocycles. The van der Waals surface area contributed by atoms with Crippen molar-refractivity contribution in [1.82, 2.24) is 15.0 Å². The Hall–Kier alpha value is -1.59. The molecule has 0 amide bonds. The topological polar surface area (TPSA) is 86.0 Å². The van der Waals surface area contributed by atoms with E-state index in [-0.39, 0.29) is 18.0 Å². The summed E-state index contributed by atoms with van der Waals surface area (Å²) >= 11 is 0. The van der Waals surface area contributed by atoms with Crippen LogP contribution < -0.4 is 15.8 Å². The number of aromatic nitrogens is 3. The molecule has 0 bridgehead atoms. The van der Waals surface area contributed by atoms with Crippen molar-refractivity contribution in [3.05, 3.63) is 0 Å². The summed E-state index contributed by atoms with van der Waals surface area (Å²) in [4.78, 5) is 11.9. The Morgan fingerprint density at radius 3 is 2.50 bits per heavy atom. The Labute approximate surface area is 95.6 Å². The van der Waals surface area contributed by atoms with Crippen LogP contribution in [-0.2, 0) is 0 Å². The third kappa shape index (κ3) is 3.88. The van der Waals surface area contributed by atoms with Gasteiger partial charge in [-0.15, -0.1) is 0 Å². The molecule has 0 aliphatic heterocycles. The molecule has 1 heterocycles. The number of nitrogen functional groups attached to an aromatic ring is 1. The summed E-state index contributed by atoms with van der Waals surface area (Å²) in [6.45, 7) is 6.41. The van der Waals surface area contributed by atoms with Crippen molar-refractivity contribution < 1.29 is 4.74 Å². The molecule has 1 atom stereocenters. The summed E-state index contributed by atoms with van der Waals surface area (Å²) in [5, 5.41) is 3.17. The first-order chi connectivity index (χ1) is 7.51. The quantitative estimate of drug-likeness (QED) is 0.785. The number of nitrogens with one attached hydrogen (secondary N) is 1. The molecule has 0 aliphatic rings. The van der Waals surface area contributed by atoms with Crippen LogP contribution in [0.2, 0.25) is 0 Å². The number of hydrogen-bond donors (Lipinski definition) is 2. The van der Waals surface area contributed by atoms with Gasteiger partial charge in [-0.2, -0.15) is 15.0 Å². The van der Waals surface area contributed by atoms with Crippen LogP contribution in [0.1, 0.15) is 27.2 Å². The van der Waals surface area contributed by atoms with Crippen LogP contribution in [-0.4, -0.2) is 28.1 Å². The molecule has 1 aromatic rings. The lowest BCUT2D eigenvalue weighted by Crippen LogP contribution is -2.20. The molecule has 6 heteroatoms. The van der Waals surface area contributed by atoms with Crippen LogP contribution in [0, 0.1) is 5.92 Å². The van der Waals surface area contributed by atoms with E-state index >= 15 is 0 Å². The zero-order valence-corrected chi connectivity index (χ0v) is 10.2. The van der Waals surface area contributed by atoms with Gasteiger partial charge in [-0.25, -0.2) is 0 Å². The normalized spacial score (nSPS) is 12.6. The highest BCUT2D eigenvalue weighted by Gasteiger charge is 2.09. The maximum atomic E-state index is 5.53. The average molecular weight is 225 g/mol. The molecule has 0 radical (unpaired) electrons. The number of nitrogens with two attached hydrogens (primary N) is 1. The van der Waals surface area contributed by atoms with Gasteiger partial charge in [0.05, 0.1) is 7.11 Å². The van der Waals surface area contributed by atoms with Crippen LogP contribution in [0.3, 0.4) is 0 Å². The summed E-state index contributed by atoms with van der Waals surface area (Å²) in [5.74, 6) is 1.23. The second-order valence-electron chi connectivity index (χ2n) is 4.18. The van der Waals surface area contributed by atoms with Gasteiger partial charge in [-0.1, -0.05) is 13.8 Å². The van der Waals surface area contributed by atoms with E-state index in [9.17, 15) is 0 Å². The minimum atomic E-state index is 0.158. The van der Waals surface area contributed by atoms with Crippen LogP contribution in [0.5, 0.6) is 6.01 Å². The lowest BCUT2D eigenvalue weighted by Gasteiger charge is -2.15. The van der Waals surface area contributed by atoms with Crippen LogP contribution in [0.4, 0.5) is 11.9 Å². The van der Waals surface area contributed by atoms with E-state index in [4.69, 9.17) is 10.5 Å². The van der Waals surface area contributed by atoms with E-state index in [1.54, 1.807) is 0 Å². The predicted octanol–water partition coefficient (Wildman–Crippen LogP) is 1.31. The molecule has 0 fully saturated rings. The minimum absolute atomic E-state index is 0.158. The Kier molecular flexibility index (Phi) is 4.28. The highest BCUT2D eigenvalue weighted by Crippen LogP contribution is 2.12. The second-order valence-corrected chi connectivity index (χ2v) is 4.18. The number of ether oxygens (including phenoxy) is 1. The maximum absolute atomic E-state index is 5.53. The van der Waals surface area contributed by atoms with E-state index in [1.165, 1.54) is 7.11 Å². The predicted molar refractivity (Wildman–Crippen MR) is 63.3 cm³/mol. The fourth-order valence-corrected chi connectivity index (χ4v) is 1.51. The molecule has 16 heavy (non-hydrogen) atoms. The maximum Gasteiger partial charge on any atom is 0.322 e. The molecule has 0 aliphatic carbocycles. The van der Waals surface area contributed by atoms with E-state index in [0.717, 1.165) is 6.42 Å². The molecule has 0 saturated carbocycles. The smallest absolute Gasteiger partial charge is 0.322 e. The molecule has 3 N–H and O–H groups in total. The van der Waals surface area contributed by atoms with Crippen molar-refractivity contribution >= 4 is 11.9 Å².